The molecule has 2 rings (SSSR count). The highest BCUT2D eigenvalue weighted by Crippen LogP contribution is 2.22. The molecule has 1 aliphatic heterocycles. The molecule has 1 aromatic heterocycles. The standard InChI is InChI=1S/C10H11NO3S2/c12-9(3-7-1-2-15-4-7)11-6-16-5-8(11)10(13)14/h1-2,4,8H,3,5-6H2,(H,13,14). The summed E-state index contributed by atoms with van der Waals surface area (Å²) in [6, 6.07) is 1.23. The summed E-state index contributed by atoms with van der Waals surface area (Å²) in [5.41, 5.74) is 0.955. The van der Waals surface area contributed by atoms with Gasteiger partial charge in [-0.1, -0.05) is 0 Å². The van der Waals surface area contributed by atoms with Gasteiger partial charge in [-0.25, -0.2) is 4.79 Å². The molecule has 0 saturated carbocycles. The monoisotopic (exact) mass is 257 g/mol. The highest BCUT2D eigenvalue weighted by Gasteiger charge is 2.34. The van der Waals surface area contributed by atoms with Crippen molar-refractivity contribution in [3.05, 3.63) is 22.4 Å². The van der Waals surface area contributed by atoms with E-state index >= 15 is 0 Å². The van der Waals surface area contributed by atoms with E-state index in [1.807, 2.05) is 16.8 Å². The van der Waals surface area contributed by atoms with E-state index < -0.39 is 12.0 Å². The minimum Gasteiger partial charge on any atom is -0.480 e. The fourth-order valence-corrected chi connectivity index (χ4v) is 3.40. The smallest absolute Gasteiger partial charge is 0.327 e. The van der Waals surface area contributed by atoms with Crippen LogP contribution in [0.3, 0.4) is 0 Å². The van der Waals surface area contributed by atoms with Crippen LogP contribution in [-0.4, -0.2) is 39.6 Å². The predicted octanol–water partition coefficient (Wildman–Crippen LogP) is 1.28. The van der Waals surface area contributed by atoms with Crippen LogP contribution in [0.1, 0.15) is 5.56 Å². The maximum absolute atomic E-state index is 11.9. The van der Waals surface area contributed by atoms with E-state index in [4.69, 9.17) is 5.11 Å². The number of aliphatic carboxylic acids is 1. The van der Waals surface area contributed by atoms with Gasteiger partial charge in [-0.15, -0.1) is 11.8 Å². The van der Waals surface area contributed by atoms with E-state index in [0.717, 1.165) is 5.56 Å². The van der Waals surface area contributed by atoms with Crippen LogP contribution in [0.15, 0.2) is 16.8 Å². The van der Waals surface area contributed by atoms with Crippen molar-refractivity contribution in [1.82, 2.24) is 4.90 Å². The highest BCUT2D eigenvalue weighted by atomic mass is 32.2. The van der Waals surface area contributed by atoms with Gasteiger partial charge < -0.3 is 10.0 Å². The number of carbonyl (C=O) groups is 2. The van der Waals surface area contributed by atoms with Crippen molar-refractivity contribution < 1.29 is 14.7 Å². The molecule has 4 nitrogen and oxygen atoms in total. The number of thioether (sulfide) groups is 1. The Balaban J connectivity index is 2.01. The van der Waals surface area contributed by atoms with Gasteiger partial charge in [0, 0.05) is 5.75 Å². The molecule has 1 fully saturated rings. The minimum absolute atomic E-state index is 0.101. The first-order chi connectivity index (χ1) is 7.68. The van der Waals surface area contributed by atoms with E-state index in [0.29, 0.717) is 18.1 Å². The summed E-state index contributed by atoms with van der Waals surface area (Å²) >= 11 is 3.03. The molecule has 1 saturated heterocycles. The summed E-state index contributed by atoms with van der Waals surface area (Å²) < 4.78 is 0. The molecular formula is C10H11NO3S2. The normalized spacial score (nSPS) is 20.0. The number of carboxylic acids is 1. The van der Waals surface area contributed by atoms with Crippen LogP contribution in [0.25, 0.3) is 0 Å². The Morgan fingerprint density at radius 1 is 1.56 bits per heavy atom. The molecule has 0 radical (unpaired) electrons. The zero-order valence-corrected chi connectivity index (χ0v) is 10.1. The van der Waals surface area contributed by atoms with Crippen LogP contribution in [0.4, 0.5) is 0 Å². The molecule has 1 N–H and O–H groups in total. The zero-order chi connectivity index (χ0) is 11.5. The summed E-state index contributed by atoms with van der Waals surface area (Å²) in [6.07, 6.45) is 0.299. The van der Waals surface area contributed by atoms with Gasteiger partial charge in [0.05, 0.1) is 12.3 Å². The van der Waals surface area contributed by atoms with Gasteiger partial charge >= 0.3 is 5.97 Å². The largest absolute Gasteiger partial charge is 0.480 e. The van der Waals surface area contributed by atoms with Gasteiger partial charge in [-0.2, -0.15) is 11.3 Å². The number of nitrogens with zero attached hydrogens (tertiary/aromatic N) is 1. The first-order valence-electron chi connectivity index (χ1n) is 4.79. The van der Waals surface area contributed by atoms with Crippen LogP contribution in [0.5, 0.6) is 0 Å². The van der Waals surface area contributed by atoms with Crippen molar-refractivity contribution in [1.29, 1.82) is 0 Å². The van der Waals surface area contributed by atoms with Gasteiger partial charge in [0.25, 0.3) is 0 Å². The topological polar surface area (TPSA) is 57.6 Å². The summed E-state index contributed by atoms with van der Waals surface area (Å²) in [5, 5.41) is 12.8. The average Bonchev–Trinajstić information content (AvgIpc) is 2.86. The van der Waals surface area contributed by atoms with Crippen LogP contribution in [0.2, 0.25) is 0 Å². The van der Waals surface area contributed by atoms with Crippen molar-refractivity contribution in [3.63, 3.8) is 0 Å². The lowest BCUT2D eigenvalue weighted by Gasteiger charge is -2.20. The first kappa shape index (κ1) is 11.5. The number of hydrogen-bond acceptors (Lipinski definition) is 4. The van der Waals surface area contributed by atoms with Crippen molar-refractivity contribution in [2.45, 2.75) is 12.5 Å². The Hall–Kier alpha value is -1.01. The van der Waals surface area contributed by atoms with Crippen LogP contribution < -0.4 is 0 Å². The number of carbonyl (C=O) groups excluding carboxylic acids is 1. The van der Waals surface area contributed by atoms with E-state index in [9.17, 15) is 9.59 Å². The van der Waals surface area contributed by atoms with Crippen molar-refractivity contribution in [3.8, 4) is 0 Å². The van der Waals surface area contributed by atoms with Crippen molar-refractivity contribution >= 4 is 35.0 Å². The Morgan fingerprint density at radius 3 is 3.00 bits per heavy atom. The number of rotatable bonds is 3. The third-order valence-corrected chi connectivity index (χ3v) is 4.17. The second-order valence-corrected chi connectivity index (χ2v) is 5.31. The molecule has 0 bridgehead atoms. The molecule has 16 heavy (non-hydrogen) atoms. The molecule has 1 atom stereocenters. The van der Waals surface area contributed by atoms with Gasteiger partial charge in [0.15, 0.2) is 0 Å². The van der Waals surface area contributed by atoms with E-state index in [1.165, 1.54) is 28.0 Å². The summed E-state index contributed by atoms with van der Waals surface area (Å²) in [7, 11) is 0. The third-order valence-electron chi connectivity index (χ3n) is 2.42. The number of hydrogen-bond donors (Lipinski definition) is 1. The second-order valence-electron chi connectivity index (χ2n) is 3.53. The molecule has 1 unspecified atom stereocenters. The van der Waals surface area contributed by atoms with E-state index in [1.54, 1.807) is 0 Å². The fraction of sp³-hybridized carbons (Fsp3) is 0.400. The quantitative estimate of drug-likeness (QED) is 0.886. The molecule has 86 valence electrons. The SMILES string of the molecule is O=C(O)C1CSCN1C(=O)Cc1ccsc1. The zero-order valence-electron chi connectivity index (χ0n) is 8.46. The molecule has 1 aromatic rings. The molecule has 1 aliphatic rings. The predicted molar refractivity (Wildman–Crippen MR) is 63.6 cm³/mol. The van der Waals surface area contributed by atoms with Gasteiger partial charge in [-0.3, -0.25) is 4.79 Å². The molecule has 6 heteroatoms. The molecular weight excluding hydrogens is 246 g/mol. The number of amides is 1. The fourth-order valence-electron chi connectivity index (χ4n) is 1.56. The van der Waals surface area contributed by atoms with Gasteiger partial charge in [-0.05, 0) is 22.4 Å². The maximum atomic E-state index is 11.9. The molecule has 1 amide bonds. The minimum atomic E-state index is -0.913. The van der Waals surface area contributed by atoms with Gasteiger partial charge in [0.2, 0.25) is 5.91 Å². The van der Waals surface area contributed by atoms with Crippen molar-refractivity contribution in [2.75, 3.05) is 11.6 Å². The van der Waals surface area contributed by atoms with Crippen LogP contribution >= 0.6 is 23.1 Å². The van der Waals surface area contributed by atoms with Crippen LogP contribution in [0, 0.1) is 0 Å². The lowest BCUT2D eigenvalue weighted by Crippen LogP contribution is -2.42. The third kappa shape index (κ3) is 2.38. The number of carboxylic acid groups (broad SMARTS) is 1. The average molecular weight is 257 g/mol. The summed E-state index contributed by atoms with van der Waals surface area (Å²) in [5.74, 6) is -0.0375. The molecule has 0 aliphatic carbocycles. The van der Waals surface area contributed by atoms with Gasteiger partial charge in [0.1, 0.15) is 6.04 Å². The summed E-state index contributed by atoms with van der Waals surface area (Å²) in [4.78, 5) is 24.2. The second kappa shape index (κ2) is 4.88. The Morgan fingerprint density at radius 2 is 2.38 bits per heavy atom. The van der Waals surface area contributed by atoms with E-state index in [-0.39, 0.29) is 5.91 Å². The first-order valence-corrected chi connectivity index (χ1v) is 6.89. The molecule has 2 heterocycles. The van der Waals surface area contributed by atoms with Crippen LogP contribution in [-0.2, 0) is 16.0 Å². The lowest BCUT2D eigenvalue weighted by molar-refractivity contribution is -0.147. The van der Waals surface area contributed by atoms with E-state index in [2.05, 4.69) is 0 Å². The van der Waals surface area contributed by atoms with Crippen molar-refractivity contribution in [2.24, 2.45) is 0 Å². The molecule has 0 spiro atoms. The Bertz CT molecular complexity index is 391. The lowest BCUT2D eigenvalue weighted by atomic mass is 10.2. The molecule has 0 aromatic carbocycles. The maximum Gasteiger partial charge on any atom is 0.327 e. The Labute approximate surface area is 101 Å². The highest BCUT2D eigenvalue weighted by molar-refractivity contribution is 7.99. The number of thiophene rings is 1. The summed E-state index contributed by atoms with van der Waals surface area (Å²) in [6.45, 7) is 0. The Kier molecular flexibility index (Phi) is 3.50.